The molecule has 7 nitrogen and oxygen atoms in total. The van der Waals surface area contributed by atoms with Crippen molar-refractivity contribution >= 4 is 66.7 Å². The molecule has 0 heterocycles. The van der Waals surface area contributed by atoms with Gasteiger partial charge in [-0.25, -0.2) is 8.42 Å². The molecule has 11 heteroatoms. The lowest BCUT2D eigenvalue weighted by Gasteiger charge is -2.34. The second-order valence-corrected chi connectivity index (χ2v) is 13.4. The standard InChI is InChI=1S/C32H30BrCl2N3O4S/c1-2-36-32(40)30(17-23-10-5-3-6-11-23)37(21-24-12-9-13-25(33)16-24)31(39)22-38(28-19-26(34)18-27(35)20-28)43(41,42)29-14-7-4-8-15-29/h3-16,18-20,30H,2,17,21-22H2,1H3,(H,36,40). The summed E-state index contributed by atoms with van der Waals surface area (Å²) in [6.07, 6.45) is 0.223. The minimum Gasteiger partial charge on any atom is -0.355 e. The highest BCUT2D eigenvalue weighted by atomic mass is 79.9. The molecule has 1 unspecified atom stereocenters. The average molecular weight is 703 g/mol. The summed E-state index contributed by atoms with van der Waals surface area (Å²) in [7, 11) is -4.25. The van der Waals surface area contributed by atoms with E-state index < -0.39 is 28.5 Å². The molecule has 0 aromatic heterocycles. The van der Waals surface area contributed by atoms with Gasteiger partial charge in [-0.3, -0.25) is 13.9 Å². The van der Waals surface area contributed by atoms with E-state index >= 15 is 0 Å². The van der Waals surface area contributed by atoms with Crippen LogP contribution in [0, 0.1) is 0 Å². The van der Waals surface area contributed by atoms with Crippen molar-refractivity contribution in [2.45, 2.75) is 30.8 Å². The minimum atomic E-state index is -4.25. The molecule has 4 aromatic carbocycles. The first kappa shape index (κ1) is 32.5. The van der Waals surface area contributed by atoms with Crippen molar-refractivity contribution in [3.8, 4) is 0 Å². The third kappa shape index (κ3) is 8.60. The summed E-state index contributed by atoms with van der Waals surface area (Å²) in [6, 6.07) is 28.0. The Hall–Kier alpha value is -3.37. The van der Waals surface area contributed by atoms with Crippen LogP contribution in [0.3, 0.4) is 0 Å². The van der Waals surface area contributed by atoms with Crippen molar-refractivity contribution in [2.24, 2.45) is 0 Å². The van der Waals surface area contributed by atoms with Crippen LogP contribution in [0.15, 0.2) is 112 Å². The highest BCUT2D eigenvalue weighted by Gasteiger charge is 2.34. The van der Waals surface area contributed by atoms with Crippen LogP contribution < -0.4 is 9.62 Å². The van der Waals surface area contributed by atoms with Crippen molar-refractivity contribution in [3.63, 3.8) is 0 Å². The molecule has 0 radical (unpaired) electrons. The van der Waals surface area contributed by atoms with Gasteiger partial charge >= 0.3 is 0 Å². The molecule has 4 rings (SSSR count). The number of rotatable bonds is 12. The Morgan fingerprint density at radius 3 is 2.05 bits per heavy atom. The predicted molar refractivity (Wildman–Crippen MR) is 175 cm³/mol. The molecule has 1 atom stereocenters. The molecule has 224 valence electrons. The summed E-state index contributed by atoms with van der Waals surface area (Å²) in [5.41, 5.74) is 1.73. The summed E-state index contributed by atoms with van der Waals surface area (Å²) in [5.74, 6) is -0.930. The van der Waals surface area contributed by atoms with Crippen LogP contribution in [0.2, 0.25) is 10.0 Å². The fourth-order valence-corrected chi connectivity index (χ4v) is 6.99. The number of carbonyl (C=O) groups is 2. The summed E-state index contributed by atoms with van der Waals surface area (Å²) >= 11 is 16.0. The highest BCUT2D eigenvalue weighted by Crippen LogP contribution is 2.30. The molecular formula is C32H30BrCl2N3O4S. The molecule has 0 aliphatic heterocycles. The Labute approximate surface area is 270 Å². The van der Waals surface area contributed by atoms with E-state index in [0.29, 0.717) is 6.54 Å². The molecule has 0 aliphatic carbocycles. The molecule has 0 saturated carbocycles. The van der Waals surface area contributed by atoms with Crippen LogP contribution >= 0.6 is 39.1 Å². The fourth-order valence-electron chi connectivity index (χ4n) is 4.61. The first-order valence-corrected chi connectivity index (χ1v) is 16.5. The van der Waals surface area contributed by atoms with E-state index in [1.165, 1.54) is 35.2 Å². The second kappa shape index (κ2) is 14.9. The van der Waals surface area contributed by atoms with Crippen LogP contribution in [-0.4, -0.2) is 44.3 Å². The number of carbonyl (C=O) groups excluding carboxylic acids is 2. The normalized spacial score (nSPS) is 11.9. The number of hydrogen-bond donors (Lipinski definition) is 1. The Morgan fingerprint density at radius 2 is 1.44 bits per heavy atom. The monoisotopic (exact) mass is 701 g/mol. The van der Waals surface area contributed by atoms with Gasteiger partial charge in [0.15, 0.2) is 0 Å². The maximum atomic E-state index is 14.4. The van der Waals surface area contributed by atoms with Crippen molar-refractivity contribution in [1.29, 1.82) is 0 Å². The number of likely N-dealkylation sites (N-methyl/N-ethyl adjacent to an activating group) is 1. The first-order chi connectivity index (χ1) is 20.6. The zero-order valence-electron chi connectivity index (χ0n) is 23.3. The van der Waals surface area contributed by atoms with Gasteiger partial charge in [-0.2, -0.15) is 0 Å². The maximum absolute atomic E-state index is 14.4. The molecule has 0 aliphatic rings. The van der Waals surface area contributed by atoms with Gasteiger partial charge in [0.05, 0.1) is 10.6 Å². The van der Waals surface area contributed by atoms with E-state index in [-0.39, 0.29) is 39.5 Å². The SMILES string of the molecule is CCNC(=O)C(Cc1ccccc1)N(Cc1cccc(Br)c1)C(=O)CN(c1cc(Cl)cc(Cl)c1)S(=O)(=O)c1ccccc1. The second-order valence-electron chi connectivity index (χ2n) is 9.70. The van der Waals surface area contributed by atoms with Crippen LogP contribution in [0.25, 0.3) is 0 Å². The Balaban J connectivity index is 1.81. The van der Waals surface area contributed by atoms with Gasteiger partial charge in [0.1, 0.15) is 12.6 Å². The molecule has 1 N–H and O–H groups in total. The lowest BCUT2D eigenvalue weighted by molar-refractivity contribution is -0.140. The van der Waals surface area contributed by atoms with Gasteiger partial charge in [-0.05, 0) is 60.5 Å². The Kier molecular flexibility index (Phi) is 11.3. The molecule has 0 fully saturated rings. The van der Waals surface area contributed by atoms with Crippen LogP contribution in [0.5, 0.6) is 0 Å². The van der Waals surface area contributed by atoms with Crippen molar-refractivity contribution in [1.82, 2.24) is 10.2 Å². The summed E-state index contributed by atoms with van der Waals surface area (Å²) in [6.45, 7) is 1.61. The lowest BCUT2D eigenvalue weighted by Crippen LogP contribution is -2.53. The quantitative estimate of drug-likeness (QED) is 0.178. The molecule has 0 saturated heterocycles. The number of amides is 2. The van der Waals surface area contributed by atoms with Crippen LogP contribution in [-0.2, 0) is 32.6 Å². The van der Waals surface area contributed by atoms with E-state index in [2.05, 4.69) is 21.2 Å². The number of anilines is 1. The van der Waals surface area contributed by atoms with E-state index in [1.54, 1.807) is 25.1 Å². The smallest absolute Gasteiger partial charge is 0.264 e. The Morgan fingerprint density at radius 1 is 0.837 bits per heavy atom. The third-order valence-corrected chi connectivity index (χ3v) is 9.33. The van der Waals surface area contributed by atoms with Gasteiger partial charge in [0, 0.05) is 34.0 Å². The molecule has 2 amide bonds. The average Bonchev–Trinajstić information content (AvgIpc) is 2.98. The van der Waals surface area contributed by atoms with Gasteiger partial charge in [0.2, 0.25) is 11.8 Å². The fraction of sp³-hybridized carbons (Fsp3) is 0.188. The zero-order valence-corrected chi connectivity index (χ0v) is 27.2. The summed E-state index contributed by atoms with van der Waals surface area (Å²) < 4.78 is 29.8. The topological polar surface area (TPSA) is 86.8 Å². The predicted octanol–water partition coefficient (Wildman–Crippen LogP) is 6.73. The lowest BCUT2D eigenvalue weighted by atomic mass is 10.0. The van der Waals surface area contributed by atoms with Gasteiger partial charge < -0.3 is 10.2 Å². The number of halogens is 3. The molecule has 4 aromatic rings. The minimum absolute atomic E-state index is 0.0120. The number of benzene rings is 4. The summed E-state index contributed by atoms with van der Waals surface area (Å²) in [5, 5.41) is 3.26. The number of hydrogen-bond acceptors (Lipinski definition) is 4. The summed E-state index contributed by atoms with van der Waals surface area (Å²) in [4.78, 5) is 29.3. The van der Waals surface area contributed by atoms with Crippen molar-refractivity contribution in [3.05, 3.63) is 129 Å². The van der Waals surface area contributed by atoms with Crippen LogP contribution in [0.4, 0.5) is 5.69 Å². The van der Waals surface area contributed by atoms with Gasteiger partial charge in [-0.1, -0.05) is 99.8 Å². The van der Waals surface area contributed by atoms with E-state index in [4.69, 9.17) is 23.2 Å². The largest absolute Gasteiger partial charge is 0.355 e. The first-order valence-electron chi connectivity index (χ1n) is 13.5. The molecule has 0 bridgehead atoms. The maximum Gasteiger partial charge on any atom is 0.264 e. The third-order valence-electron chi connectivity index (χ3n) is 6.61. The molecule has 43 heavy (non-hydrogen) atoms. The Bertz CT molecular complexity index is 1650. The molecular weight excluding hydrogens is 673 g/mol. The van der Waals surface area contributed by atoms with E-state index in [1.807, 2.05) is 54.6 Å². The van der Waals surface area contributed by atoms with Crippen molar-refractivity contribution < 1.29 is 18.0 Å². The van der Waals surface area contributed by atoms with E-state index in [9.17, 15) is 18.0 Å². The van der Waals surface area contributed by atoms with Gasteiger partial charge in [0.25, 0.3) is 10.0 Å². The highest BCUT2D eigenvalue weighted by molar-refractivity contribution is 9.10. The van der Waals surface area contributed by atoms with Gasteiger partial charge in [-0.15, -0.1) is 0 Å². The van der Waals surface area contributed by atoms with E-state index in [0.717, 1.165) is 19.9 Å². The van der Waals surface area contributed by atoms with Crippen molar-refractivity contribution in [2.75, 3.05) is 17.4 Å². The number of nitrogens with one attached hydrogen (secondary N) is 1. The molecule has 0 spiro atoms. The van der Waals surface area contributed by atoms with Crippen LogP contribution in [0.1, 0.15) is 18.1 Å². The zero-order chi connectivity index (χ0) is 31.0. The number of sulfonamides is 1. The number of nitrogens with zero attached hydrogens (tertiary/aromatic N) is 2.